The number of anilines is 1. The van der Waals surface area contributed by atoms with Crippen LogP contribution in [0.1, 0.15) is 88.7 Å². The lowest BCUT2D eigenvalue weighted by atomic mass is 9.78. The molecule has 0 atom stereocenters. The van der Waals surface area contributed by atoms with Crippen molar-refractivity contribution in [3.63, 3.8) is 0 Å². The molecule has 0 saturated heterocycles. The van der Waals surface area contributed by atoms with Crippen molar-refractivity contribution in [3.05, 3.63) is 66.0 Å². The normalized spacial score (nSPS) is 20.0. The van der Waals surface area contributed by atoms with Crippen LogP contribution in [0.4, 0.5) is 5.69 Å². The number of methoxy groups -OCH3 is 1. The van der Waals surface area contributed by atoms with Crippen molar-refractivity contribution >= 4 is 11.6 Å². The Kier molecular flexibility index (Phi) is 9.29. The Morgan fingerprint density at radius 1 is 1.00 bits per heavy atom. The molecule has 2 aromatic carbocycles. The molecule has 5 rings (SSSR count). The van der Waals surface area contributed by atoms with Crippen LogP contribution in [0.2, 0.25) is 0 Å². The van der Waals surface area contributed by atoms with E-state index in [4.69, 9.17) is 4.74 Å². The lowest BCUT2D eigenvalue weighted by molar-refractivity contribution is -0.123. The SMILES string of the molecule is COc1ccc([C@H]2CC[C@H](CN(C(=O)C3CCCCC3)c3cccc(-c4cnn(CC(C)C)c4)c3)CC2)cc1C. The van der Waals surface area contributed by atoms with Gasteiger partial charge in [0, 0.05) is 36.5 Å². The van der Waals surface area contributed by atoms with Crippen molar-refractivity contribution in [1.82, 2.24) is 9.78 Å². The molecule has 3 aromatic rings. The van der Waals surface area contributed by atoms with Gasteiger partial charge in [0.1, 0.15) is 5.75 Å². The van der Waals surface area contributed by atoms with Crippen LogP contribution in [0.5, 0.6) is 5.75 Å². The highest BCUT2D eigenvalue weighted by Gasteiger charge is 2.31. The van der Waals surface area contributed by atoms with E-state index in [0.717, 1.165) is 61.3 Å². The fourth-order valence-electron chi connectivity index (χ4n) is 6.82. The first-order chi connectivity index (χ1) is 19.4. The molecule has 2 aliphatic rings. The number of rotatable bonds is 9. The third-order valence-electron chi connectivity index (χ3n) is 9.07. The van der Waals surface area contributed by atoms with E-state index in [1.165, 1.54) is 43.2 Å². The average molecular weight is 542 g/mol. The smallest absolute Gasteiger partial charge is 0.230 e. The van der Waals surface area contributed by atoms with E-state index >= 15 is 0 Å². The standard InChI is InChI=1S/C35H47N3O2/c1-25(2)22-37-24-32(21-36-37)30-11-8-12-33(20-30)38(35(39)29-9-6-5-7-10-29)23-27-13-15-28(16-14-27)31-17-18-34(40-4)26(3)19-31/h8,11-12,17-21,24-25,27-29H,5-7,9-10,13-16,22-23H2,1-4H3/t27-,28-. The molecule has 1 amide bonds. The Morgan fingerprint density at radius 2 is 1.77 bits per heavy atom. The molecule has 2 fully saturated rings. The minimum atomic E-state index is 0.157. The van der Waals surface area contributed by atoms with Gasteiger partial charge in [0.2, 0.25) is 5.91 Å². The molecule has 0 radical (unpaired) electrons. The molecule has 2 aliphatic carbocycles. The molecule has 2 saturated carbocycles. The summed E-state index contributed by atoms with van der Waals surface area (Å²) >= 11 is 0. The van der Waals surface area contributed by atoms with Gasteiger partial charge < -0.3 is 9.64 Å². The van der Waals surface area contributed by atoms with Crippen molar-refractivity contribution in [2.24, 2.45) is 17.8 Å². The summed E-state index contributed by atoms with van der Waals surface area (Å²) in [5.74, 6) is 3.12. The maximum Gasteiger partial charge on any atom is 0.230 e. The van der Waals surface area contributed by atoms with E-state index < -0.39 is 0 Å². The zero-order valence-corrected chi connectivity index (χ0v) is 24.9. The Labute approximate surface area is 240 Å². The van der Waals surface area contributed by atoms with Gasteiger partial charge >= 0.3 is 0 Å². The first-order valence-corrected chi connectivity index (χ1v) is 15.5. The molecule has 40 heavy (non-hydrogen) atoms. The van der Waals surface area contributed by atoms with Crippen molar-refractivity contribution in [1.29, 1.82) is 0 Å². The molecular weight excluding hydrogens is 494 g/mol. The van der Waals surface area contributed by atoms with Gasteiger partial charge in [-0.3, -0.25) is 9.48 Å². The molecule has 0 unspecified atom stereocenters. The minimum absolute atomic E-state index is 0.157. The van der Waals surface area contributed by atoms with Crippen LogP contribution in [0, 0.1) is 24.7 Å². The number of hydrogen-bond acceptors (Lipinski definition) is 3. The van der Waals surface area contributed by atoms with E-state index in [2.05, 4.69) is 79.4 Å². The van der Waals surface area contributed by atoms with E-state index in [0.29, 0.717) is 23.7 Å². The molecule has 0 spiro atoms. The van der Waals surface area contributed by atoms with Gasteiger partial charge in [0.15, 0.2) is 0 Å². The van der Waals surface area contributed by atoms with Crippen LogP contribution in [-0.4, -0.2) is 29.3 Å². The predicted octanol–water partition coefficient (Wildman–Crippen LogP) is 8.41. The minimum Gasteiger partial charge on any atom is -0.496 e. The highest BCUT2D eigenvalue weighted by atomic mass is 16.5. The summed E-state index contributed by atoms with van der Waals surface area (Å²) in [5.41, 5.74) is 5.92. The number of ether oxygens (including phenoxy) is 1. The van der Waals surface area contributed by atoms with Gasteiger partial charge in [-0.15, -0.1) is 0 Å². The fourth-order valence-corrected chi connectivity index (χ4v) is 6.82. The van der Waals surface area contributed by atoms with Crippen LogP contribution in [0.15, 0.2) is 54.9 Å². The summed E-state index contributed by atoms with van der Waals surface area (Å²) in [6, 6.07) is 15.3. The van der Waals surface area contributed by atoms with E-state index in [-0.39, 0.29) is 5.92 Å². The maximum absolute atomic E-state index is 14.0. The highest BCUT2D eigenvalue weighted by molar-refractivity contribution is 5.95. The van der Waals surface area contributed by atoms with Gasteiger partial charge in [0.25, 0.3) is 0 Å². The Bertz CT molecular complexity index is 1270. The van der Waals surface area contributed by atoms with Gasteiger partial charge in [-0.05, 0) is 98.1 Å². The average Bonchev–Trinajstić information content (AvgIpc) is 3.44. The zero-order valence-electron chi connectivity index (χ0n) is 24.9. The first kappa shape index (κ1) is 28.4. The van der Waals surface area contributed by atoms with E-state index in [1.54, 1.807) is 7.11 Å². The second kappa shape index (κ2) is 13.1. The number of aromatic nitrogens is 2. The highest BCUT2D eigenvalue weighted by Crippen LogP contribution is 2.39. The fraction of sp³-hybridized carbons (Fsp3) is 0.543. The second-order valence-electron chi connectivity index (χ2n) is 12.6. The molecular formula is C35H47N3O2. The molecule has 0 aliphatic heterocycles. The molecule has 0 N–H and O–H groups in total. The zero-order chi connectivity index (χ0) is 28.1. The number of nitrogens with zero attached hydrogens (tertiary/aromatic N) is 3. The lowest BCUT2D eigenvalue weighted by Crippen LogP contribution is -2.41. The Morgan fingerprint density at radius 3 is 2.48 bits per heavy atom. The molecule has 5 heteroatoms. The van der Waals surface area contributed by atoms with Crippen molar-refractivity contribution in [2.75, 3.05) is 18.6 Å². The summed E-state index contributed by atoms with van der Waals surface area (Å²) in [6.07, 6.45) is 14.4. The molecule has 5 nitrogen and oxygen atoms in total. The second-order valence-corrected chi connectivity index (χ2v) is 12.6. The summed E-state index contributed by atoms with van der Waals surface area (Å²) < 4.78 is 7.50. The quantitative estimate of drug-likeness (QED) is 0.273. The Balaban J connectivity index is 1.32. The molecule has 214 valence electrons. The van der Waals surface area contributed by atoms with Crippen LogP contribution in [0.25, 0.3) is 11.1 Å². The lowest BCUT2D eigenvalue weighted by Gasteiger charge is -2.35. The van der Waals surface area contributed by atoms with Crippen LogP contribution in [0.3, 0.4) is 0 Å². The number of carbonyl (C=O) groups is 1. The summed E-state index contributed by atoms with van der Waals surface area (Å²) in [6.45, 7) is 8.28. The topological polar surface area (TPSA) is 47.4 Å². The number of hydrogen-bond donors (Lipinski definition) is 0. The first-order valence-electron chi connectivity index (χ1n) is 15.5. The third kappa shape index (κ3) is 6.79. The summed E-state index contributed by atoms with van der Waals surface area (Å²) in [4.78, 5) is 16.2. The number of benzene rings is 2. The van der Waals surface area contributed by atoms with Crippen molar-refractivity contribution in [2.45, 2.75) is 91.0 Å². The van der Waals surface area contributed by atoms with Gasteiger partial charge in [-0.1, -0.05) is 57.4 Å². The van der Waals surface area contributed by atoms with Crippen LogP contribution < -0.4 is 9.64 Å². The van der Waals surface area contributed by atoms with E-state index in [1.807, 2.05) is 10.9 Å². The monoisotopic (exact) mass is 541 g/mol. The third-order valence-corrected chi connectivity index (χ3v) is 9.07. The molecule has 1 heterocycles. The maximum atomic E-state index is 14.0. The van der Waals surface area contributed by atoms with Crippen LogP contribution in [-0.2, 0) is 11.3 Å². The molecule has 0 bridgehead atoms. The molecule has 1 aromatic heterocycles. The van der Waals surface area contributed by atoms with Gasteiger partial charge in [-0.2, -0.15) is 5.10 Å². The van der Waals surface area contributed by atoms with Crippen molar-refractivity contribution < 1.29 is 9.53 Å². The van der Waals surface area contributed by atoms with Gasteiger partial charge in [0.05, 0.1) is 13.3 Å². The number of amides is 1. The summed E-state index contributed by atoms with van der Waals surface area (Å²) in [5, 5.41) is 4.59. The largest absolute Gasteiger partial charge is 0.496 e. The van der Waals surface area contributed by atoms with Crippen molar-refractivity contribution in [3.8, 4) is 16.9 Å². The predicted molar refractivity (Wildman–Crippen MR) is 164 cm³/mol. The van der Waals surface area contributed by atoms with Gasteiger partial charge in [-0.25, -0.2) is 0 Å². The number of carbonyl (C=O) groups excluding carboxylic acids is 1. The van der Waals surface area contributed by atoms with Crippen LogP contribution >= 0.6 is 0 Å². The number of aryl methyl sites for hydroxylation is 1. The summed E-state index contributed by atoms with van der Waals surface area (Å²) in [7, 11) is 1.74. The van der Waals surface area contributed by atoms with E-state index in [9.17, 15) is 4.79 Å². The Hall–Kier alpha value is -3.08.